The number of hydrogen-bond acceptors (Lipinski definition) is 6. The van der Waals surface area contributed by atoms with Crippen molar-refractivity contribution in [3.05, 3.63) is 78.5 Å². The fourth-order valence-corrected chi connectivity index (χ4v) is 4.25. The summed E-state index contributed by atoms with van der Waals surface area (Å²) < 4.78 is 10.5. The highest BCUT2D eigenvalue weighted by atomic mass is 16.5. The Morgan fingerprint density at radius 2 is 1.89 bits per heavy atom. The van der Waals surface area contributed by atoms with Gasteiger partial charge in [-0.05, 0) is 54.8 Å². The van der Waals surface area contributed by atoms with Crippen LogP contribution in [0.2, 0.25) is 0 Å². The Labute approximate surface area is 203 Å². The van der Waals surface area contributed by atoms with Gasteiger partial charge in [-0.3, -0.25) is 24.3 Å². The van der Waals surface area contributed by atoms with E-state index in [0.29, 0.717) is 17.0 Å². The molecule has 0 aliphatic heterocycles. The second-order valence-corrected chi connectivity index (χ2v) is 8.30. The van der Waals surface area contributed by atoms with Gasteiger partial charge in [0.1, 0.15) is 11.8 Å². The summed E-state index contributed by atoms with van der Waals surface area (Å²) in [7, 11) is 1.53. The number of carbonyl (C=O) groups excluding carboxylic acids is 3. The van der Waals surface area contributed by atoms with Crippen LogP contribution in [-0.2, 0) is 9.59 Å². The number of furan rings is 1. The number of pyridine rings is 1. The van der Waals surface area contributed by atoms with Crippen molar-refractivity contribution in [1.82, 2.24) is 15.6 Å². The first-order chi connectivity index (χ1) is 17.1. The minimum atomic E-state index is -0.973. The molecule has 3 amide bonds. The average molecular weight is 477 g/mol. The largest absolute Gasteiger partial charge is 0.497 e. The zero-order valence-electron chi connectivity index (χ0n) is 19.5. The molecule has 35 heavy (non-hydrogen) atoms. The van der Waals surface area contributed by atoms with E-state index in [1.807, 2.05) is 0 Å². The van der Waals surface area contributed by atoms with Crippen molar-refractivity contribution >= 4 is 23.4 Å². The van der Waals surface area contributed by atoms with Gasteiger partial charge in [-0.1, -0.05) is 18.9 Å². The maximum Gasteiger partial charge on any atom is 0.287 e. The molecule has 2 aromatic heterocycles. The highest BCUT2D eigenvalue weighted by molar-refractivity contribution is 6.04. The second-order valence-electron chi connectivity index (χ2n) is 8.30. The van der Waals surface area contributed by atoms with Crippen molar-refractivity contribution in [3.8, 4) is 5.75 Å². The summed E-state index contributed by atoms with van der Waals surface area (Å²) in [5.74, 6) is -0.664. The lowest BCUT2D eigenvalue weighted by Crippen LogP contribution is -2.49. The Hall–Kier alpha value is -4.14. The van der Waals surface area contributed by atoms with E-state index in [1.165, 1.54) is 24.3 Å². The minimum Gasteiger partial charge on any atom is -0.497 e. The van der Waals surface area contributed by atoms with Crippen LogP contribution < -0.4 is 20.3 Å². The number of amides is 3. The number of methoxy groups -OCH3 is 1. The van der Waals surface area contributed by atoms with E-state index in [0.717, 1.165) is 25.7 Å². The molecule has 0 spiro atoms. The van der Waals surface area contributed by atoms with E-state index in [2.05, 4.69) is 15.6 Å². The molecule has 0 radical (unpaired) electrons. The summed E-state index contributed by atoms with van der Waals surface area (Å²) in [5, 5.41) is 5.69. The Balaban J connectivity index is 1.68. The molecule has 1 aliphatic carbocycles. The number of aromatic nitrogens is 1. The molecule has 1 atom stereocenters. The molecule has 3 aromatic rings. The molecular weight excluding hydrogens is 448 g/mol. The Kier molecular flexibility index (Phi) is 7.77. The molecule has 1 fully saturated rings. The van der Waals surface area contributed by atoms with Gasteiger partial charge in [0, 0.05) is 30.2 Å². The van der Waals surface area contributed by atoms with E-state index in [4.69, 9.17) is 9.15 Å². The van der Waals surface area contributed by atoms with E-state index in [1.54, 1.807) is 54.9 Å². The molecule has 0 saturated heterocycles. The van der Waals surface area contributed by atoms with Crippen LogP contribution in [0.25, 0.3) is 0 Å². The molecule has 1 aliphatic rings. The molecule has 9 nitrogen and oxygen atoms in total. The van der Waals surface area contributed by atoms with E-state index < -0.39 is 17.9 Å². The standard InChI is InChI=1S/C26H28N4O5/c1-34-21-9-4-8-20(16-21)30(23(31)17-28-25(32)22-10-5-15-35-22)24(18-11-13-27-14-12-18)26(33)29-19-6-2-3-7-19/h4-5,8-16,19,24H,2-3,6-7,17H2,1H3,(H,28,32)(H,29,33). The minimum absolute atomic E-state index is 0.0627. The van der Waals surface area contributed by atoms with E-state index >= 15 is 0 Å². The van der Waals surface area contributed by atoms with Gasteiger partial charge in [-0.15, -0.1) is 0 Å². The lowest BCUT2D eigenvalue weighted by Gasteiger charge is -2.32. The SMILES string of the molecule is COc1cccc(N(C(=O)CNC(=O)c2ccco2)C(C(=O)NC2CCCC2)c2ccncc2)c1. The fraction of sp³-hybridized carbons (Fsp3) is 0.308. The molecular formula is C26H28N4O5. The molecule has 1 unspecified atom stereocenters. The Morgan fingerprint density at radius 1 is 1.11 bits per heavy atom. The second kappa shape index (κ2) is 11.3. The van der Waals surface area contributed by atoms with E-state index in [9.17, 15) is 14.4 Å². The van der Waals surface area contributed by atoms with Gasteiger partial charge in [0.25, 0.3) is 5.91 Å². The van der Waals surface area contributed by atoms with Crippen molar-refractivity contribution < 1.29 is 23.5 Å². The number of carbonyl (C=O) groups is 3. The molecule has 182 valence electrons. The molecule has 9 heteroatoms. The van der Waals surface area contributed by atoms with Crippen molar-refractivity contribution in [2.45, 2.75) is 37.8 Å². The summed E-state index contributed by atoms with van der Waals surface area (Å²) in [6.07, 6.45) is 8.47. The fourth-order valence-electron chi connectivity index (χ4n) is 4.25. The average Bonchev–Trinajstić information content (AvgIpc) is 3.61. The Bertz CT molecular complexity index is 1140. The highest BCUT2D eigenvalue weighted by Crippen LogP contribution is 2.31. The summed E-state index contributed by atoms with van der Waals surface area (Å²) >= 11 is 0. The third kappa shape index (κ3) is 5.87. The quantitative estimate of drug-likeness (QED) is 0.490. The lowest BCUT2D eigenvalue weighted by atomic mass is 10.0. The van der Waals surface area contributed by atoms with Gasteiger partial charge >= 0.3 is 0 Å². The third-order valence-electron chi connectivity index (χ3n) is 5.98. The molecule has 4 rings (SSSR count). The van der Waals surface area contributed by atoms with Crippen LogP contribution in [0.4, 0.5) is 5.69 Å². The van der Waals surface area contributed by atoms with Crippen LogP contribution in [0, 0.1) is 0 Å². The van der Waals surface area contributed by atoms with Crippen molar-refractivity contribution in [2.24, 2.45) is 0 Å². The first kappa shape index (κ1) is 24.0. The first-order valence-electron chi connectivity index (χ1n) is 11.5. The maximum atomic E-state index is 13.6. The van der Waals surface area contributed by atoms with Crippen molar-refractivity contribution in [3.63, 3.8) is 0 Å². The van der Waals surface area contributed by atoms with Crippen LogP contribution >= 0.6 is 0 Å². The lowest BCUT2D eigenvalue weighted by molar-refractivity contribution is -0.126. The normalized spacial score (nSPS) is 14.2. The summed E-state index contributed by atoms with van der Waals surface area (Å²) in [5.41, 5.74) is 1.06. The van der Waals surface area contributed by atoms with Gasteiger partial charge < -0.3 is 19.8 Å². The summed E-state index contributed by atoms with van der Waals surface area (Å²) in [4.78, 5) is 45.1. The number of benzene rings is 1. The first-order valence-corrected chi connectivity index (χ1v) is 11.5. The summed E-state index contributed by atoms with van der Waals surface area (Å²) in [6, 6.07) is 12.5. The molecule has 0 bridgehead atoms. The number of nitrogens with zero attached hydrogens (tertiary/aromatic N) is 2. The summed E-state index contributed by atoms with van der Waals surface area (Å²) in [6.45, 7) is -0.338. The van der Waals surface area contributed by atoms with E-state index in [-0.39, 0.29) is 24.3 Å². The number of ether oxygens (including phenoxy) is 1. The molecule has 1 aromatic carbocycles. The zero-order chi connectivity index (χ0) is 24.6. The van der Waals surface area contributed by atoms with Gasteiger partial charge in [-0.25, -0.2) is 0 Å². The number of anilines is 1. The predicted molar refractivity (Wildman–Crippen MR) is 129 cm³/mol. The molecule has 2 N–H and O–H groups in total. The molecule has 2 heterocycles. The van der Waals surface area contributed by atoms with Crippen LogP contribution in [0.15, 0.2) is 71.6 Å². The number of rotatable bonds is 9. The van der Waals surface area contributed by atoms with Crippen LogP contribution in [0.5, 0.6) is 5.75 Å². The predicted octanol–water partition coefficient (Wildman–Crippen LogP) is 3.25. The topological polar surface area (TPSA) is 114 Å². The number of nitrogens with one attached hydrogen (secondary N) is 2. The van der Waals surface area contributed by atoms with Crippen LogP contribution in [-0.4, -0.2) is 42.4 Å². The monoisotopic (exact) mass is 476 g/mol. The van der Waals surface area contributed by atoms with Gasteiger partial charge in [0.05, 0.1) is 19.9 Å². The highest BCUT2D eigenvalue weighted by Gasteiger charge is 2.34. The van der Waals surface area contributed by atoms with Crippen LogP contribution in [0.3, 0.4) is 0 Å². The van der Waals surface area contributed by atoms with Gasteiger partial charge in [0.15, 0.2) is 5.76 Å². The maximum absolute atomic E-state index is 13.6. The van der Waals surface area contributed by atoms with Gasteiger partial charge in [-0.2, -0.15) is 0 Å². The van der Waals surface area contributed by atoms with Crippen molar-refractivity contribution in [2.75, 3.05) is 18.6 Å². The smallest absolute Gasteiger partial charge is 0.287 e. The number of hydrogen-bond donors (Lipinski definition) is 2. The zero-order valence-corrected chi connectivity index (χ0v) is 19.5. The third-order valence-corrected chi connectivity index (χ3v) is 5.98. The van der Waals surface area contributed by atoms with Crippen molar-refractivity contribution in [1.29, 1.82) is 0 Å². The van der Waals surface area contributed by atoms with Crippen LogP contribution in [0.1, 0.15) is 47.8 Å². The van der Waals surface area contributed by atoms with Gasteiger partial charge in [0.2, 0.25) is 11.8 Å². The Morgan fingerprint density at radius 3 is 2.57 bits per heavy atom. The molecule has 1 saturated carbocycles.